The maximum Gasteiger partial charge on any atom is 0.287 e. The van der Waals surface area contributed by atoms with Gasteiger partial charge in [0.2, 0.25) is 10.0 Å². The van der Waals surface area contributed by atoms with E-state index in [2.05, 4.69) is 10.6 Å². The number of hydrogen-bond acceptors (Lipinski definition) is 5. The summed E-state index contributed by atoms with van der Waals surface area (Å²) in [5.74, 6) is -0.0385. The average molecular weight is 364 g/mol. The molecule has 2 N–H and O–H groups in total. The third-order valence-corrected chi connectivity index (χ3v) is 6.18. The van der Waals surface area contributed by atoms with Crippen molar-refractivity contribution in [3.63, 3.8) is 0 Å². The van der Waals surface area contributed by atoms with Crippen LogP contribution >= 0.6 is 12.4 Å². The number of carbonyl (C=O) groups excluding carboxylic acids is 1. The Balaban J connectivity index is 0.00000192. The number of sulfonamides is 1. The van der Waals surface area contributed by atoms with Crippen molar-refractivity contribution in [2.75, 3.05) is 26.2 Å². The van der Waals surface area contributed by atoms with Crippen LogP contribution in [0.1, 0.15) is 35.6 Å². The minimum atomic E-state index is -3.56. The van der Waals surface area contributed by atoms with Crippen LogP contribution in [0.15, 0.2) is 15.4 Å². The van der Waals surface area contributed by atoms with Crippen molar-refractivity contribution in [2.45, 2.75) is 37.1 Å². The zero-order valence-electron chi connectivity index (χ0n) is 13.0. The quantitative estimate of drug-likeness (QED) is 0.828. The van der Waals surface area contributed by atoms with E-state index in [0.717, 1.165) is 32.4 Å². The van der Waals surface area contributed by atoms with Crippen LogP contribution in [0.2, 0.25) is 0 Å². The van der Waals surface area contributed by atoms with Gasteiger partial charge in [0.15, 0.2) is 5.76 Å². The summed E-state index contributed by atoms with van der Waals surface area (Å²) < 4.78 is 32.0. The molecule has 0 aliphatic carbocycles. The molecule has 7 nitrogen and oxygen atoms in total. The fourth-order valence-corrected chi connectivity index (χ4v) is 4.61. The number of halogens is 1. The topological polar surface area (TPSA) is 91.6 Å². The smallest absolute Gasteiger partial charge is 0.287 e. The minimum absolute atomic E-state index is 0. The van der Waals surface area contributed by atoms with Crippen molar-refractivity contribution in [1.29, 1.82) is 0 Å². The van der Waals surface area contributed by atoms with Gasteiger partial charge in [-0.2, -0.15) is 4.31 Å². The first-order valence-corrected chi connectivity index (χ1v) is 9.04. The van der Waals surface area contributed by atoms with E-state index in [-0.39, 0.29) is 40.8 Å². The lowest BCUT2D eigenvalue weighted by molar-refractivity contribution is 0.0910. The Bertz CT molecular complexity index is 662. The van der Waals surface area contributed by atoms with Crippen molar-refractivity contribution >= 4 is 28.3 Å². The monoisotopic (exact) mass is 363 g/mol. The highest BCUT2D eigenvalue weighted by Gasteiger charge is 2.32. The molecule has 1 amide bonds. The highest BCUT2D eigenvalue weighted by atomic mass is 35.5. The number of nitrogens with zero attached hydrogens (tertiary/aromatic N) is 1. The van der Waals surface area contributed by atoms with Gasteiger partial charge in [0, 0.05) is 31.7 Å². The van der Waals surface area contributed by atoms with E-state index < -0.39 is 10.0 Å². The van der Waals surface area contributed by atoms with Crippen LogP contribution in [0, 0.1) is 6.92 Å². The van der Waals surface area contributed by atoms with Gasteiger partial charge in [0.1, 0.15) is 10.7 Å². The summed E-state index contributed by atoms with van der Waals surface area (Å²) in [5, 5.41) is 6.01. The number of nitrogens with one attached hydrogen (secondary N) is 2. The fourth-order valence-electron chi connectivity index (χ4n) is 2.94. The van der Waals surface area contributed by atoms with Crippen molar-refractivity contribution in [1.82, 2.24) is 14.9 Å². The van der Waals surface area contributed by atoms with Crippen LogP contribution in [-0.4, -0.2) is 50.9 Å². The van der Waals surface area contributed by atoms with Gasteiger partial charge in [-0.15, -0.1) is 12.4 Å². The molecule has 3 heterocycles. The van der Waals surface area contributed by atoms with Crippen molar-refractivity contribution in [2.24, 2.45) is 0 Å². The number of amides is 1. The molecule has 0 radical (unpaired) electrons. The Morgan fingerprint density at radius 2 is 2.09 bits per heavy atom. The molecule has 1 unspecified atom stereocenters. The zero-order valence-corrected chi connectivity index (χ0v) is 14.6. The van der Waals surface area contributed by atoms with Crippen LogP contribution in [0.3, 0.4) is 0 Å². The molecular weight excluding hydrogens is 342 g/mol. The van der Waals surface area contributed by atoms with E-state index in [4.69, 9.17) is 4.42 Å². The third kappa shape index (κ3) is 3.71. The molecule has 0 aromatic carbocycles. The van der Waals surface area contributed by atoms with Crippen molar-refractivity contribution in [3.8, 4) is 0 Å². The van der Waals surface area contributed by atoms with Gasteiger partial charge in [-0.1, -0.05) is 0 Å². The lowest BCUT2D eigenvalue weighted by atomic mass is 10.2. The highest BCUT2D eigenvalue weighted by Crippen LogP contribution is 2.26. The summed E-state index contributed by atoms with van der Waals surface area (Å²) in [5.41, 5.74) is 0. The second-order valence-electron chi connectivity index (χ2n) is 5.81. The molecule has 2 aliphatic rings. The largest absolute Gasteiger partial charge is 0.455 e. The third-order valence-electron chi connectivity index (χ3n) is 4.17. The first-order valence-electron chi connectivity index (χ1n) is 7.60. The molecule has 23 heavy (non-hydrogen) atoms. The Morgan fingerprint density at radius 1 is 1.39 bits per heavy atom. The van der Waals surface area contributed by atoms with Gasteiger partial charge < -0.3 is 15.1 Å². The number of carbonyl (C=O) groups is 1. The van der Waals surface area contributed by atoms with Gasteiger partial charge in [-0.25, -0.2) is 8.42 Å². The first-order chi connectivity index (χ1) is 10.5. The molecule has 3 rings (SSSR count). The molecule has 2 saturated heterocycles. The molecule has 1 aromatic rings. The molecule has 130 valence electrons. The Kier molecular flexibility index (Phi) is 5.72. The van der Waals surface area contributed by atoms with Crippen LogP contribution in [-0.2, 0) is 10.0 Å². The molecule has 1 atom stereocenters. The van der Waals surface area contributed by atoms with Crippen LogP contribution in [0.4, 0.5) is 0 Å². The summed E-state index contributed by atoms with van der Waals surface area (Å²) in [6.45, 7) is 4.24. The van der Waals surface area contributed by atoms with E-state index in [9.17, 15) is 13.2 Å². The molecular formula is C14H22ClN3O4S. The number of aryl methyl sites for hydroxylation is 1. The molecule has 9 heteroatoms. The lowest BCUT2D eigenvalue weighted by Gasteiger charge is -2.14. The Labute approximate surface area is 142 Å². The molecule has 0 spiro atoms. The van der Waals surface area contributed by atoms with E-state index in [0.29, 0.717) is 13.1 Å². The number of hydrogen-bond donors (Lipinski definition) is 2. The highest BCUT2D eigenvalue weighted by molar-refractivity contribution is 7.89. The molecule has 1 aromatic heterocycles. The van der Waals surface area contributed by atoms with E-state index >= 15 is 0 Å². The summed E-state index contributed by atoms with van der Waals surface area (Å²) in [6.07, 6.45) is 2.61. The maximum atomic E-state index is 12.6. The predicted molar refractivity (Wildman–Crippen MR) is 87.4 cm³/mol. The summed E-state index contributed by atoms with van der Waals surface area (Å²) in [6, 6.07) is 1.41. The zero-order chi connectivity index (χ0) is 15.7. The molecule has 0 bridgehead atoms. The van der Waals surface area contributed by atoms with E-state index in [1.807, 2.05) is 0 Å². The first kappa shape index (κ1) is 18.3. The van der Waals surface area contributed by atoms with Crippen LogP contribution in [0.5, 0.6) is 0 Å². The lowest BCUT2D eigenvalue weighted by Crippen LogP contribution is -2.36. The molecule has 2 fully saturated rings. The van der Waals surface area contributed by atoms with E-state index in [1.165, 1.54) is 10.4 Å². The minimum Gasteiger partial charge on any atom is -0.455 e. The number of rotatable bonds is 4. The fraction of sp³-hybridized carbons (Fsp3) is 0.643. The number of furan rings is 1. The summed E-state index contributed by atoms with van der Waals surface area (Å²) in [4.78, 5) is 12.3. The van der Waals surface area contributed by atoms with Crippen LogP contribution < -0.4 is 10.6 Å². The Hall–Kier alpha value is -1.09. The van der Waals surface area contributed by atoms with E-state index in [1.54, 1.807) is 6.92 Å². The summed E-state index contributed by atoms with van der Waals surface area (Å²) >= 11 is 0. The normalized spacial score (nSPS) is 22.0. The SMILES string of the molecule is Cc1oc(C(=O)NC2CCNC2)cc1S(=O)(=O)N1CCCC1.Cl. The Morgan fingerprint density at radius 3 is 2.70 bits per heavy atom. The van der Waals surface area contributed by atoms with Crippen LogP contribution in [0.25, 0.3) is 0 Å². The average Bonchev–Trinajstić information content (AvgIpc) is 3.19. The maximum absolute atomic E-state index is 12.6. The van der Waals surface area contributed by atoms with Gasteiger partial charge in [-0.3, -0.25) is 4.79 Å². The van der Waals surface area contributed by atoms with Gasteiger partial charge in [0.05, 0.1) is 0 Å². The van der Waals surface area contributed by atoms with Crippen molar-refractivity contribution < 1.29 is 17.6 Å². The molecule has 0 saturated carbocycles. The van der Waals surface area contributed by atoms with Gasteiger partial charge >= 0.3 is 0 Å². The standard InChI is InChI=1S/C14H21N3O4S.ClH/c1-10-13(22(19,20)17-6-2-3-7-17)8-12(21-10)14(18)16-11-4-5-15-9-11;/h8,11,15H,2-7,9H2,1H3,(H,16,18);1H. The summed E-state index contributed by atoms with van der Waals surface area (Å²) in [7, 11) is -3.56. The van der Waals surface area contributed by atoms with Crippen molar-refractivity contribution in [3.05, 3.63) is 17.6 Å². The predicted octanol–water partition coefficient (Wildman–Crippen LogP) is 0.886. The second-order valence-corrected chi connectivity index (χ2v) is 7.71. The van der Waals surface area contributed by atoms with Gasteiger partial charge in [0.25, 0.3) is 5.91 Å². The van der Waals surface area contributed by atoms with Gasteiger partial charge in [-0.05, 0) is 32.7 Å². The molecule has 2 aliphatic heterocycles. The second kappa shape index (κ2) is 7.21.